The number of hydrogen-bond donors (Lipinski definition) is 3. The van der Waals surface area contributed by atoms with Gasteiger partial charge in [-0.05, 0) is 62.8 Å². The monoisotopic (exact) mass is 604 g/mol. The Morgan fingerprint density at radius 2 is 1.91 bits per heavy atom. The molecule has 0 radical (unpaired) electrons. The summed E-state index contributed by atoms with van der Waals surface area (Å²) in [6.07, 6.45) is 9.15. The fraction of sp³-hybridized carbons (Fsp3) is 0.265. The summed E-state index contributed by atoms with van der Waals surface area (Å²) in [7, 11) is 3.92. The average Bonchev–Trinajstić information content (AvgIpc) is 3.80. The molecule has 10 nitrogen and oxygen atoms in total. The van der Waals surface area contributed by atoms with Gasteiger partial charge < -0.3 is 19.9 Å². The summed E-state index contributed by atoms with van der Waals surface area (Å²) >= 11 is 0. The number of pyridine rings is 2. The normalized spacial score (nSPS) is 13.7. The van der Waals surface area contributed by atoms with Crippen LogP contribution in [0, 0.1) is 11.7 Å². The number of likely N-dealkylation sites (N-methyl/N-ethyl adjacent to an activating group) is 1. The molecule has 0 unspecified atom stereocenters. The van der Waals surface area contributed by atoms with Crippen LogP contribution in [0.15, 0.2) is 67.1 Å². The highest BCUT2D eigenvalue weighted by atomic mass is 19.1. The van der Waals surface area contributed by atoms with E-state index in [-0.39, 0.29) is 17.6 Å². The molecule has 0 atom stereocenters. The third-order valence-corrected chi connectivity index (χ3v) is 8.20. The van der Waals surface area contributed by atoms with E-state index in [2.05, 4.69) is 30.5 Å². The van der Waals surface area contributed by atoms with Crippen molar-refractivity contribution in [3.63, 3.8) is 0 Å². The number of nitrogens with one attached hydrogen (secondary N) is 3. The minimum atomic E-state index is -0.380. The number of imidazole rings is 1. The van der Waals surface area contributed by atoms with Crippen molar-refractivity contribution in [2.75, 3.05) is 32.6 Å². The first-order chi connectivity index (χ1) is 21.9. The first-order valence-electron chi connectivity index (χ1n) is 15.1. The number of nitrogens with zero attached hydrogens (tertiary/aromatic N) is 5. The van der Waals surface area contributed by atoms with Gasteiger partial charge in [0.05, 0.1) is 40.3 Å². The third-order valence-electron chi connectivity index (χ3n) is 8.20. The van der Waals surface area contributed by atoms with Gasteiger partial charge in [-0.3, -0.25) is 19.9 Å². The van der Waals surface area contributed by atoms with Gasteiger partial charge in [-0.1, -0.05) is 25.0 Å². The molecule has 1 aliphatic rings. The zero-order valence-corrected chi connectivity index (χ0v) is 25.1. The lowest BCUT2D eigenvalue weighted by Gasteiger charge is -2.12. The Balaban J connectivity index is 1.20. The fourth-order valence-corrected chi connectivity index (χ4v) is 5.86. The van der Waals surface area contributed by atoms with Crippen LogP contribution in [0.5, 0.6) is 5.75 Å². The number of amides is 1. The largest absolute Gasteiger partial charge is 0.492 e. The smallest absolute Gasteiger partial charge is 0.227 e. The van der Waals surface area contributed by atoms with Gasteiger partial charge in [-0.15, -0.1) is 0 Å². The number of para-hydroxylation sites is 1. The number of ether oxygens (including phenoxy) is 1. The van der Waals surface area contributed by atoms with Crippen molar-refractivity contribution in [1.82, 2.24) is 35.0 Å². The van der Waals surface area contributed by atoms with Crippen LogP contribution in [0.1, 0.15) is 25.7 Å². The molecule has 0 aliphatic heterocycles. The van der Waals surface area contributed by atoms with Gasteiger partial charge in [-0.2, -0.15) is 5.10 Å². The quantitative estimate of drug-likeness (QED) is 0.174. The van der Waals surface area contributed by atoms with Gasteiger partial charge in [0, 0.05) is 41.2 Å². The second-order valence-corrected chi connectivity index (χ2v) is 11.7. The van der Waals surface area contributed by atoms with E-state index in [9.17, 15) is 9.18 Å². The van der Waals surface area contributed by atoms with E-state index in [1.807, 2.05) is 55.4 Å². The molecule has 3 N–H and O–H groups in total. The molecule has 2 aromatic carbocycles. The van der Waals surface area contributed by atoms with Crippen molar-refractivity contribution in [2.45, 2.75) is 25.7 Å². The molecule has 4 aromatic heterocycles. The standard InChI is InChI=1S/C34H33FN8O2/c1-43(2)10-11-45-25-14-21(12-23(35)15-25)26-8-5-9-28-31(26)40-33(39-28)32-27-16-29(37-19-30(27)41-42-32)22-13-24(18-36-17-22)38-34(44)20-6-3-4-7-20/h5,8-9,12-20H,3-4,6-7,10-11H2,1-2H3,(H,38,44)(H,39,40)(H,41,42). The zero-order chi connectivity index (χ0) is 30.9. The van der Waals surface area contributed by atoms with Crippen LogP contribution in [0.25, 0.3) is 55.8 Å². The van der Waals surface area contributed by atoms with E-state index in [0.717, 1.165) is 59.8 Å². The van der Waals surface area contributed by atoms with Crippen LogP contribution in [0.3, 0.4) is 0 Å². The number of carbonyl (C=O) groups is 1. The van der Waals surface area contributed by atoms with Gasteiger partial charge in [0.2, 0.25) is 5.91 Å². The molecule has 0 bridgehead atoms. The summed E-state index contributed by atoms with van der Waals surface area (Å²) in [6, 6.07) is 14.3. The predicted molar refractivity (Wildman–Crippen MR) is 172 cm³/mol. The molecular weight excluding hydrogens is 571 g/mol. The molecule has 6 aromatic rings. The van der Waals surface area contributed by atoms with E-state index < -0.39 is 0 Å². The molecule has 0 saturated heterocycles. The summed E-state index contributed by atoms with van der Waals surface area (Å²) in [5.74, 6) is 0.757. The molecule has 45 heavy (non-hydrogen) atoms. The lowest BCUT2D eigenvalue weighted by atomic mass is 10.0. The number of carbonyl (C=O) groups excluding carboxylic acids is 1. The Morgan fingerprint density at radius 3 is 2.76 bits per heavy atom. The first kappa shape index (κ1) is 28.6. The zero-order valence-electron chi connectivity index (χ0n) is 25.1. The van der Waals surface area contributed by atoms with Gasteiger partial charge >= 0.3 is 0 Å². The Kier molecular flexibility index (Phi) is 7.68. The average molecular weight is 605 g/mol. The van der Waals surface area contributed by atoms with Crippen LogP contribution >= 0.6 is 0 Å². The molecule has 1 aliphatic carbocycles. The third kappa shape index (κ3) is 5.99. The van der Waals surface area contributed by atoms with Crippen LogP contribution in [0.2, 0.25) is 0 Å². The maximum absolute atomic E-state index is 14.7. The van der Waals surface area contributed by atoms with Crippen LogP contribution in [0.4, 0.5) is 10.1 Å². The Bertz CT molecular complexity index is 2010. The van der Waals surface area contributed by atoms with Gasteiger partial charge in [0.15, 0.2) is 5.82 Å². The second kappa shape index (κ2) is 12.1. The molecule has 228 valence electrons. The minimum absolute atomic E-state index is 0.0440. The number of fused-ring (bicyclic) bond motifs is 2. The highest BCUT2D eigenvalue weighted by Gasteiger charge is 2.23. The van der Waals surface area contributed by atoms with E-state index in [1.165, 1.54) is 12.1 Å². The molecule has 1 fully saturated rings. The number of H-pyrrole nitrogens is 2. The predicted octanol–water partition coefficient (Wildman–Crippen LogP) is 6.44. The van der Waals surface area contributed by atoms with Crippen molar-refractivity contribution in [3.8, 4) is 39.7 Å². The second-order valence-electron chi connectivity index (χ2n) is 11.7. The summed E-state index contributed by atoms with van der Waals surface area (Å²) in [4.78, 5) is 32.0. The van der Waals surface area contributed by atoms with E-state index in [4.69, 9.17) is 9.72 Å². The lowest BCUT2D eigenvalue weighted by molar-refractivity contribution is -0.119. The first-order valence-corrected chi connectivity index (χ1v) is 15.1. The highest BCUT2D eigenvalue weighted by Crippen LogP contribution is 2.34. The molecule has 0 spiro atoms. The SMILES string of the molecule is CN(C)CCOc1cc(F)cc(-c2cccc3[nH]c(-c4n[nH]c5cnc(-c6cncc(NC(=O)C7CCCC7)c6)cc45)nc23)c1. The molecule has 1 saturated carbocycles. The lowest BCUT2D eigenvalue weighted by Crippen LogP contribution is -2.20. The van der Waals surface area contributed by atoms with E-state index in [1.54, 1.807) is 18.6 Å². The van der Waals surface area contributed by atoms with Crippen LogP contribution in [-0.2, 0) is 4.79 Å². The minimum Gasteiger partial charge on any atom is -0.492 e. The molecular formula is C34H33FN8O2. The maximum Gasteiger partial charge on any atom is 0.227 e. The summed E-state index contributed by atoms with van der Waals surface area (Å²) in [5.41, 5.74) is 6.41. The van der Waals surface area contributed by atoms with E-state index >= 15 is 0 Å². The number of halogens is 1. The van der Waals surface area contributed by atoms with Crippen LogP contribution in [-0.4, -0.2) is 68.2 Å². The van der Waals surface area contributed by atoms with Crippen molar-refractivity contribution in [3.05, 3.63) is 72.9 Å². The van der Waals surface area contributed by atoms with Gasteiger partial charge in [-0.25, -0.2) is 9.37 Å². The van der Waals surface area contributed by atoms with Crippen molar-refractivity contribution < 1.29 is 13.9 Å². The van der Waals surface area contributed by atoms with Gasteiger partial charge in [0.25, 0.3) is 0 Å². The van der Waals surface area contributed by atoms with E-state index in [0.29, 0.717) is 46.3 Å². The summed E-state index contributed by atoms with van der Waals surface area (Å²) < 4.78 is 20.5. The molecule has 7 rings (SSSR count). The highest BCUT2D eigenvalue weighted by molar-refractivity contribution is 5.98. The number of rotatable bonds is 9. The number of benzene rings is 2. The van der Waals surface area contributed by atoms with Crippen molar-refractivity contribution in [1.29, 1.82) is 0 Å². The summed E-state index contributed by atoms with van der Waals surface area (Å²) in [6.45, 7) is 1.17. The van der Waals surface area contributed by atoms with Gasteiger partial charge in [0.1, 0.15) is 23.9 Å². The molecule has 1 amide bonds. The Labute approximate surface area is 259 Å². The van der Waals surface area contributed by atoms with Crippen LogP contribution < -0.4 is 10.1 Å². The fourth-order valence-electron chi connectivity index (χ4n) is 5.86. The maximum atomic E-state index is 14.7. The van der Waals surface area contributed by atoms with Crippen molar-refractivity contribution in [2.24, 2.45) is 5.92 Å². The van der Waals surface area contributed by atoms with Crippen molar-refractivity contribution >= 4 is 33.5 Å². The number of aromatic nitrogens is 6. The number of aromatic amines is 2. The summed E-state index contributed by atoms with van der Waals surface area (Å²) in [5, 5.41) is 11.5. The topological polar surface area (TPSA) is 125 Å². The number of anilines is 1. The molecule has 11 heteroatoms. The number of hydrogen-bond acceptors (Lipinski definition) is 7. The molecule has 4 heterocycles. The Morgan fingerprint density at radius 1 is 1.04 bits per heavy atom. The Hall–Kier alpha value is -5.16.